The van der Waals surface area contributed by atoms with Gasteiger partial charge in [-0.25, -0.2) is 0 Å². The molecule has 2 N–H and O–H groups in total. The van der Waals surface area contributed by atoms with Gasteiger partial charge in [-0.1, -0.05) is 35.5 Å². The molecule has 0 aromatic heterocycles. The Morgan fingerprint density at radius 3 is 2.42 bits per heavy atom. The lowest BCUT2D eigenvalue weighted by Gasteiger charge is -2.00. The van der Waals surface area contributed by atoms with Crippen LogP contribution in [0.25, 0.3) is 0 Å². The summed E-state index contributed by atoms with van der Waals surface area (Å²) >= 11 is 0. The summed E-state index contributed by atoms with van der Waals surface area (Å²) in [5.41, 5.74) is 1.35. The van der Waals surface area contributed by atoms with Crippen LogP contribution in [0.3, 0.4) is 0 Å². The number of nitrogens with zero attached hydrogens (tertiary/aromatic N) is 1. The van der Waals surface area contributed by atoms with Crippen LogP contribution >= 0.6 is 0 Å². The van der Waals surface area contributed by atoms with E-state index in [0.717, 1.165) is 5.56 Å². The maximum absolute atomic E-state index is 8.64. The smallest absolute Gasteiger partial charge is 0.0890 e. The van der Waals surface area contributed by atoms with Crippen molar-refractivity contribution < 1.29 is 10.3 Å². The standard InChI is InChI=1S/C9H11NO2/c11-7-6-9(10-12)8-4-2-1-3-5-8/h1-5,11-12H,6-7H2/b10-9-. The first-order chi connectivity index (χ1) is 5.88. The molecular weight excluding hydrogens is 154 g/mol. The van der Waals surface area contributed by atoms with Gasteiger partial charge in [-0.3, -0.25) is 0 Å². The van der Waals surface area contributed by atoms with Crippen LogP contribution in [0.5, 0.6) is 0 Å². The number of rotatable bonds is 3. The van der Waals surface area contributed by atoms with Crippen LogP contribution in [0.15, 0.2) is 35.5 Å². The van der Waals surface area contributed by atoms with Gasteiger partial charge in [0.1, 0.15) is 0 Å². The lowest BCUT2D eigenvalue weighted by Crippen LogP contribution is -2.03. The molecule has 0 unspecified atom stereocenters. The molecule has 0 aliphatic rings. The number of aliphatic hydroxyl groups excluding tert-OH is 1. The van der Waals surface area contributed by atoms with E-state index in [1.165, 1.54) is 0 Å². The van der Waals surface area contributed by atoms with Crippen molar-refractivity contribution >= 4 is 5.71 Å². The molecule has 0 aliphatic heterocycles. The SMILES string of the molecule is OCC/C(=N/O)c1ccccc1. The van der Waals surface area contributed by atoms with Gasteiger partial charge in [0.2, 0.25) is 0 Å². The molecule has 0 spiro atoms. The average molecular weight is 165 g/mol. The topological polar surface area (TPSA) is 52.8 Å². The lowest BCUT2D eigenvalue weighted by atomic mass is 10.1. The Morgan fingerprint density at radius 2 is 1.92 bits per heavy atom. The molecule has 1 rings (SSSR count). The highest BCUT2D eigenvalue weighted by molar-refractivity contribution is 6.00. The van der Waals surface area contributed by atoms with Crippen LogP contribution in [0, 0.1) is 0 Å². The molecule has 0 atom stereocenters. The molecule has 0 heterocycles. The third kappa shape index (κ3) is 2.07. The van der Waals surface area contributed by atoms with Gasteiger partial charge in [-0.15, -0.1) is 0 Å². The molecule has 64 valence electrons. The van der Waals surface area contributed by atoms with Crippen molar-refractivity contribution in [1.29, 1.82) is 0 Å². The van der Waals surface area contributed by atoms with Crippen LogP contribution in [0.1, 0.15) is 12.0 Å². The van der Waals surface area contributed by atoms with Gasteiger partial charge in [0.15, 0.2) is 0 Å². The van der Waals surface area contributed by atoms with E-state index in [1.807, 2.05) is 30.3 Å². The maximum atomic E-state index is 8.64. The maximum Gasteiger partial charge on any atom is 0.0890 e. The summed E-state index contributed by atoms with van der Waals surface area (Å²) in [4.78, 5) is 0. The van der Waals surface area contributed by atoms with Gasteiger partial charge in [0, 0.05) is 13.0 Å². The second-order valence-electron chi connectivity index (χ2n) is 2.39. The molecule has 3 nitrogen and oxygen atoms in total. The summed E-state index contributed by atoms with van der Waals surface area (Å²) in [5.74, 6) is 0. The minimum Gasteiger partial charge on any atom is -0.411 e. The molecule has 0 radical (unpaired) electrons. The number of aliphatic hydroxyl groups is 1. The van der Waals surface area contributed by atoms with Crippen LogP contribution < -0.4 is 0 Å². The van der Waals surface area contributed by atoms with E-state index in [1.54, 1.807) is 0 Å². The van der Waals surface area contributed by atoms with Crippen molar-refractivity contribution in [2.75, 3.05) is 6.61 Å². The van der Waals surface area contributed by atoms with Crippen LogP contribution in [-0.4, -0.2) is 22.6 Å². The molecule has 3 heteroatoms. The van der Waals surface area contributed by atoms with E-state index in [-0.39, 0.29) is 6.61 Å². The zero-order valence-electron chi connectivity index (χ0n) is 6.64. The normalized spacial score (nSPS) is 11.6. The van der Waals surface area contributed by atoms with E-state index >= 15 is 0 Å². The fraction of sp³-hybridized carbons (Fsp3) is 0.222. The summed E-state index contributed by atoms with van der Waals surface area (Å²) in [6.45, 7) is -0.00567. The fourth-order valence-corrected chi connectivity index (χ4v) is 0.989. The Hall–Kier alpha value is -1.35. The number of hydrogen-bond donors (Lipinski definition) is 2. The van der Waals surface area contributed by atoms with Crippen molar-refractivity contribution in [1.82, 2.24) is 0 Å². The monoisotopic (exact) mass is 165 g/mol. The fourth-order valence-electron chi connectivity index (χ4n) is 0.989. The highest BCUT2D eigenvalue weighted by atomic mass is 16.4. The molecule has 12 heavy (non-hydrogen) atoms. The Bertz CT molecular complexity index is 256. The second kappa shape index (κ2) is 4.51. The summed E-state index contributed by atoms with van der Waals surface area (Å²) in [6, 6.07) is 9.28. The minimum atomic E-state index is -0.00567. The van der Waals surface area contributed by atoms with Gasteiger partial charge < -0.3 is 10.3 Å². The molecule has 0 fully saturated rings. The number of benzene rings is 1. The number of oxime groups is 1. The zero-order chi connectivity index (χ0) is 8.81. The van der Waals surface area contributed by atoms with Gasteiger partial charge in [0.25, 0.3) is 0 Å². The average Bonchev–Trinajstić information content (AvgIpc) is 2.15. The third-order valence-corrected chi connectivity index (χ3v) is 1.58. The summed E-state index contributed by atoms with van der Waals surface area (Å²) in [6.07, 6.45) is 0.376. The Balaban J connectivity index is 2.82. The zero-order valence-corrected chi connectivity index (χ0v) is 6.64. The molecule has 1 aromatic carbocycles. The predicted octanol–water partition coefficient (Wildman–Crippen LogP) is 1.25. The van der Waals surface area contributed by atoms with Crippen molar-refractivity contribution in [3.8, 4) is 0 Å². The summed E-state index contributed by atoms with van der Waals surface area (Å²) in [5, 5.41) is 20.3. The van der Waals surface area contributed by atoms with E-state index in [0.29, 0.717) is 12.1 Å². The molecule has 0 aliphatic carbocycles. The molecule has 0 amide bonds. The third-order valence-electron chi connectivity index (χ3n) is 1.58. The van der Waals surface area contributed by atoms with Gasteiger partial charge in [-0.05, 0) is 5.56 Å². The summed E-state index contributed by atoms with van der Waals surface area (Å²) in [7, 11) is 0. The quantitative estimate of drug-likeness (QED) is 0.402. The van der Waals surface area contributed by atoms with Gasteiger partial charge in [0.05, 0.1) is 5.71 Å². The van der Waals surface area contributed by atoms with E-state index in [2.05, 4.69) is 5.16 Å². The Labute approximate surface area is 71.0 Å². The minimum absolute atomic E-state index is 0.00567. The van der Waals surface area contributed by atoms with Crippen molar-refractivity contribution in [2.24, 2.45) is 5.16 Å². The van der Waals surface area contributed by atoms with Gasteiger partial charge in [-0.2, -0.15) is 0 Å². The van der Waals surface area contributed by atoms with E-state index in [9.17, 15) is 0 Å². The Kier molecular flexibility index (Phi) is 3.29. The largest absolute Gasteiger partial charge is 0.411 e. The highest BCUT2D eigenvalue weighted by Gasteiger charge is 2.01. The molecule has 0 saturated carbocycles. The second-order valence-corrected chi connectivity index (χ2v) is 2.39. The van der Waals surface area contributed by atoms with Crippen molar-refractivity contribution in [2.45, 2.75) is 6.42 Å². The van der Waals surface area contributed by atoms with E-state index < -0.39 is 0 Å². The van der Waals surface area contributed by atoms with Crippen LogP contribution in [0.2, 0.25) is 0 Å². The van der Waals surface area contributed by atoms with Crippen molar-refractivity contribution in [3.05, 3.63) is 35.9 Å². The van der Waals surface area contributed by atoms with E-state index in [4.69, 9.17) is 10.3 Å². The molecule has 0 bridgehead atoms. The van der Waals surface area contributed by atoms with Crippen molar-refractivity contribution in [3.63, 3.8) is 0 Å². The van der Waals surface area contributed by atoms with Crippen LogP contribution in [0.4, 0.5) is 0 Å². The molecular formula is C9H11NO2. The van der Waals surface area contributed by atoms with Crippen LogP contribution in [-0.2, 0) is 0 Å². The Morgan fingerprint density at radius 1 is 1.25 bits per heavy atom. The first-order valence-electron chi connectivity index (χ1n) is 3.75. The first-order valence-corrected chi connectivity index (χ1v) is 3.75. The highest BCUT2D eigenvalue weighted by Crippen LogP contribution is 2.03. The first kappa shape index (κ1) is 8.74. The predicted molar refractivity (Wildman–Crippen MR) is 46.5 cm³/mol. The lowest BCUT2D eigenvalue weighted by molar-refractivity contribution is 0.295. The molecule has 0 saturated heterocycles. The molecule has 1 aromatic rings. The van der Waals surface area contributed by atoms with Gasteiger partial charge >= 0.3 is 0 Å². The number of hydrogen-bond acceptors (Lipinski definition) is 3. The summed E-state index contributed by atoms with van der Waals surface area (Å²) < 4.78 is 0.